The Morgan fingerprint density at radius 3 is 2.56 bits per heavy atom. The van der Waals surface area contributed by atoms with Crippen LogP contribution in [0.5, 0.6) is 11.5 Å². The third-order valence-electron chi connectivity index (χ3n) is 5.19. The molecule has 1 saturated carbocycles. The summed E-state index contributed by atoms with van der Waals surface area (Å²) in [6.45, 7) is 0.214. The van der Waals surface area contributed by atoms with Gasteiger partial charge in [-0.25, -0.2) is 0 Å². The Kier molecular flexibility index (Phi) is 4.07. The minimum Gasteiger partial charge on any atom is -0.454 e. The SMILES string of the molecule is O=C(CN1C(=O)[C@H]2CCCC[C@@H]2C1=O)NCc1cccc2c1OCO2. The van der Waals surface area contributed by atoms with Gasteiger partial charge in [0.25, 0.3) is 0 Å². The predicted octanol–water partition coefficient (Wildman–Crippen LogP) is 1.21. The van der Waals surface area contributed by atoms with Crippen LogP contribution in [0.25, 0.3) is 0 Å². The summed E-state index contributed by atoms with van der Waals surface area (Å²) in [5.41, 5.74) is 0.802. The van der Waals surface area contributed by atoms with Crippen molar-refractivity contribution < 1.29 is 23.9 Å². The molecule has 4 rings (SSSR count). The number of imide groups is 1. The van der Waals surface area contributed by atoms with Crippen molar-refractivity contribution >= 4 is 17.7 Å². The van der Waals surface area contributed by atoms with Crippen molar-refractivity contribution in [2.24, 2.45) is 11.8 Å². The van der Waals surface area contributed by atoms with Gasteiger partial charge in [-0.1, -0.05) is 25.0 Å². The zero-order valence-electron chi connectivity index (χ0n) is 13.8. The van der Waals surface area contributed by atoms with Gasteiger partial charge in [-0.2, -0.15) is 0 Å². The summed E-state index contributed by atoms with van der Waals surface area (Å²) < 4.78 is 10.7. The van der Waals surface area contributed by atoms with Crippen LogP contribution in [0.15, 0.2) is 18.2 Å². The van der Waals surface area contributed by atoms with E-state index in [0.29, 0.717) is 11.5 Å². The molecule has 1 saturated heterocycles. The molecule has 2 aliphatic heterocycles. The van der Waals surface area contributed by atoms with Crippen LogP contribution < -0.4 is 14.8 Å². The van der Waals surface area contributed by atoms with Crippen LogP contribution in [0.4, 0.5) is 0 Å². The Labute approximate surface area is 145 Å². The van der Waals surface area contributed by atoms with Crippen molar-refractivity contribution in [2.75, 3.05) is 13.3 Å². The lowest BCUT2D eigenvalue weighted by molar-refractivity contribution is -0.143. The number of rotatable bonds is 4. The van der Waals surface area contributed by atoms with Gasteiger partial charge in [0, 0.05) is 12.1 Å². The van der Waals surface area contributed by atoms with Gasteiger partial charge in [0.2, 0.25) is 24.5 Å². The molecule has 0 aromatic heterocycles. The van der Waals surface area contributed by atoms with Gasteiger partial charge in [-0.05, 0) is 18.9 Å². The maximum atomic E-state index is 12.4. The summed E-state index contributed by atoms with van der Waals surface area (Å²) in [6, 6.07) is 5.47. The molecule has 1 aromatic rings. The number of benzene rings is 1. The third-order valence-corrected chi connectivity index (χ3v) is 5.19. The first kappa shape index (κ1) is 15.9. The molecular formula is C18H20N2O5. The molecule has 1 aliphatic carbocycles. The maximum absolute atomic E-state index is 12.4. The van der Waals surface area contributed by atoms with Crippen LogP contribution in [0, 0.1) is 11.8 Å². The third kappa shape index (κ3) is 2.83. The molecule has 3 aliphatic rings. The van der Waals surface area contributed by atoms with E-state index < -0.39 is 0 Å². The Hall–Kier alpha value is -2.57. The largest absolute Gasteiger partial charge is 0.454 e. The lowest BCUT2D eigenvalue weighted by atomic mass is 9.81. The molecule has 0 spiro atoms. The van der Waals surface area contributed by atoms with Gasteiger partial charge < -0.3 is 14.8 Å². The standard InChI is InChI=1S/C18H20N2O5/c21-15(19-8-11-4-3-7-14-16(11)25-10-24-14)9-20-17(22)12-5-1-2-6-13(12)18(20)23/h3-4,7,12-13H,1-2,5-6,8-10H2,(H,19,21)/t12-,13-/m0/s1. The van der Waals surface area contributed by atoms with Crippen LogP contribution in [0.3, 0.4) is 0 Å². The summed E-state index contributed by atoms with van der Waals surface area (Å²) in [6.07, 6.45) is 3.45. The molecule has 7 nitrogen and oxygen atoms in total. The van der Waals surface area contributed by atoms with Gasteiger partial charge in [0.1, 0.15) is 6.54 Å². The molecular weight excluding hydrogens is 324 g/mol. The molecule has 0 radical (unpaired) electrons. The van der Waals surface area contributed by atoms with E-state index in [1.165, 1.54) is 0 Å². The Balaban J connectivity index is 1.37. The lowest BCUT2D eigenvalue weighted by Gasteiger charge is -2.19. The number of hydrogen-bond acceptors (Lipinski definition) is 5. The van der Waals surface area contributed by atoms with Crippen molar-refractivity contribution in [3.63, 3.8) is 0 Å². The van der Waals surface area contributed by atoms with Gasteiger partial charge in [-0.3, -0.25) is 19.3 Å². The van der Waals surface area contributed by atoms with E-state index in [4.69, 9.17) is 9.47 Å². The first-order chi connectivity index (χ1) is 12.1. The Bertz CT molecular complexity index is 708. The van der Waals surface area contributed by atoms with Crippen molar-refractivity contribution in [1.82, 2.24) is 10.2 Å². The number of fused-ring (bicyclic) bond motifs is 2. The van der Waals surface area contributed by atoms with Crippen LogP contribution in [-0.4, -0.2) is 36.0 Å². The second-order valence-corrected chi connectivity index (χ2v) is 6.69. The number of carbonyl (C=O) groups is 3. The van der Waals surface area contributed by atoms with E-state index in [0.717, 1.165) is 36.1 Å². The number of hydrogen-bond donors (Lipinski definition) is 1. The van der Waals surface area contributed by atoms with Crippen LogP contribution in [-0.2, 0) is 20.9 Å². The average molecular weight is 344 g/mol. The number of likely N-dealkylation sites (tertiary alicyclic amines) is 1. The quantitative estimate of drug-likeness (QED) is 0.830. The number of nitrogens with one attached hydrogen (secondary N) is 1. The molecule has 0 bridgehead atoms. The van der Waals surface area contributed by atoms with Gasteiger partial charge in [0.15, 0.2) is 11.5 Å². The van der Waals surface area contributed by atoms with E-state index in [1.807, 2.05) is 12.1 Å². The number of amides is 3. The molecule has 2 fully saturated rings. The van der Waals surface area contributed by atoms with Crippen molar-refractivity contribution in [3.05, 3.63) is 23.8 Å². The average Bonchev–Trinajstić information content (AvgIpc) is 3.20. The summed E-state index contributed by atoms with van der Waals surface area (Å²) in [4.78, 5) is 38.2. The number of ether oxygens (including phenoxy) is 2. The molecule has 2 atom stereocenters. The summed E-state index contributed by atoms with van der Waals surface area (Å²) in [5, 5.41) is 2.76. The van der Waals surface area contributed by atoms with Crippen LogP contribution >= 0.6 is 0 Å². The topological polar surface area (TPSA) is 84.9 Å². The zero-order chi connectivity index (χ0) is 17.4. The highest BCUT2D eigenvalue weighted by Crippen LogP contribution is 2.38. The molecule has 25 heavy (non-hydrogen) atoms. The van der Waals surface area contributed by atoms with Gasteiger partial charge in [0.05, 0.1) is 11.8 Å². The summed E-state index contributed by atoms with van der Waals surface area (Å²) >= 11 is 0. The number of nitrogens with zero attached hydrogens (tertiary/aromatic N) is 1. The fourth-order valence-electron chi connectivity index (χ4n) is 3.91. The van der Waals surface area contributed by atoms with Crippen molar-refractivity contribution in [3.8, 4) is 11.5 Å². The second-order valence-electron chi connectivity index (χ2n) is 6.69. The van der Waals surface area contributed by atoms with E-state index >= 15 is 0 Å². The highest BCUT2D eigenvalue weighted by molar-refractivity contribution is 6.07. The van der Waals surface area contributed by atoms with Gasteiger partial charge >= 0.3 is 0 Å². The molecule has 2 heterocycles. The molecule has 1 aromatic carbocycles. The summed E-state index contributed by atoms with van der Waals surface area (Å²) in [7, 11) is 0. The highest BCUT2D eigenvalue weighted by atomic mass is 16.7. The second kappa shape index (κ2) is 6.38. The van der Waals surface area contributed by atoms with E-state index in [-0.39, 0.29) is 49.4 Å². The molecule has 1 N–H and O–H groups in total. The van der Waals surface area contributed by atoms with E-state index in [2.05, 4.69) is 5.32 Å². The minimum atomic E-state index is -0.350. The van der Waals surface area contributed by atoms with Gasteiger partial charge in [-0.15, -0.1) is 0 Å². The molecule has 132 valence electrons. The molecule has 3 amide bonds. The monoisotopic (exact) mass is 344 g/mol. The smallest absolute Gasteiger partial charge is 0.240 e. The predicted molar refractivity (Wildman–Crippen MR) is 86.6 cm³/mol. The highest BCUT2D eigenvalue weighted by Gasteiger charge is 2.48. The zero-order valence-corrected chi connectivity index (χ0v) is 13.8. The fourth-order valence-corrected chi connectivity index (χ4v) is 3.91. The lowest BCUT2D eigenvalue weighted by Crippen LogP contribution is -2.40. The van der Waals surface area contributed by atoms with Crippen molar-refractivity contribution in [1.29, 1.82) is 0 Å². The normalized spacial score (nSPS) is 24.4. The first-order valence-electron chi connectivity index (χ1n) is 8.64. The molecule has 0 unspecified atom stereocenters. The van der Waals surface area contributed by atoms with Crippen LogP contribution in [0.1, 0.15) is 31.2 Å². The number of para-hydroxylation sites is 1. The Morgan fingerprint density at radius 1 is 1.12 bits per heavy atom. The minimum absolute atomic E-state index is 0.167. The summed E-state index contributed by atoms with van der Waals surface area (Å²) in [5.74, 6) is 0.0955. The van der Waals surface area contributed by atoms with Crippen molar-refractivity contribution in [2.45, 2.75) is 32.2 Å². The first-order valence-corrected chi connectivity index (χ1v) is 8.64. The van der Waals surface area contributed by atoms with E-state index in [1.54, 1.807) is 6.07 Å². The van der Waals surface area contributed by atoms with E-state index in [9.17, 15) is 14.4 Å². The van der Waals surface area contributed by atoms with Crippen LogP contribution in [0.2, 0.25) is 0 Å². The fraction of sp³-hybridized carbons (Fsp3) is 0.500. The number of carbonyl (C=O) groups excluding carboxylic acids is 3. The molecule has 7 heteroatoms. The Morgan fingerprint density at radius 2 is 1.84 bits per heavy atom. The maximum Gasteiger partial charge on any atom is 0.240 e.